The Bertz CT molecular complexity index is 752. The van der Waals surface area contributed by atoms with E-state index >= 15 is 0 Å². The van der Waals surface area contributed by atoms with Gasteiger partial charge in [-0.3, -0.25) is 4.79 Å². The average molecular weight is 348 g/mol. The van der Waals surface area contributed by atoms with Gasteiger partial charge in [0.2, 0.25) is 0 Å². The third kappa shape index (κ3) is 6.04. The van der Waals surface area contributed by atoms with Crippen LogP contribution in [0.5, 0.6) is 5.75 Å². The second-order valence-electron chi connectivity index (χ2n) is 5.34. The van der Waals surface area contributed by atoms with E-state index < -0.39 is 21.6 Å². The van der Waals surface area contributed by atoms with Gasteiger partial charge in [0.1, 0.15) is 18.1 Å². The van der Waals surface area contributed by atoms with E-state index in [0.29, 0.717) is 13.0 Å². The normalized spacial score (nSPS) is 11.0. The van der Waals surface area contributed by atoms with Crippen LogP contribution in [0.3, 0.4) is 0 Å². The Hall–Kier alpha value is -2.34. The molecule has 0 saturated carbocycles. The average Bonchev–Trinajstić information content (AvgIpc) is 2.59. The predicted octanol–water partition coefficient (Wildman–Crippen LogP) is 2.40. The molecule has 0 heterocycles. The zero-order valence-corrected chi connectivity index (χ0v) is 14.3. The lowest BCUT2D eigenvalue weighted by atomic mass is 10.2. The van der Waals surface area contributed by atoms with Crippen molar-refractivity contribution >= 4 is 15.8 Å². The number of methoxy groups -OCH3 is 1. The van der Waals surface area contributed by atoms with Crippen molar-refractivity contribution < 1.29 is 22.7 Å². The quantitative estimate of drug-likeness (QED) is 0.685. The largest absolute Gasteiger partial charge is 0.489 e. The van der Waals surface area contributed by atoms with E-state index in [0.717, 1.165) is 16.9 Å². The van der Waals surface area contributed by atoms with E-state index in [1.807, 2.05) is 54.6 Å². The predicted molar refractivity (Wildman–Crippen MR) is 91.6 cm³/mol. The summed E-state index contributed by atoms with van der Waals surface area (Å²) in [6.45, 7) is 0.480. The molecule has 2 aromatic rings. The molecule has 0 atom stereocenters. The Morgan fingerprint density at radius 3 is 2.25 bits per heavy atom. The van der Waals surface area contributed by atoms with Crippen molar-refractivity contribution in [1.29, 1.82) is 0 Å². The zero-order chi connectivity index (χ0) is 17.4. The highest BCUT2D eigenvalue weighted by Crippen LogP contribution is 2.15. The van der Waals surface area contributed by atoms with Crippen LogP contribution < -0.4 is 4.74 Å². The second-order valence-corrected chi connectivity index (χ2v) is 7.52. The fourth-order valence-corrected chi connectivity index (χ4v) is 3.25. The molecule has 2 rings (SSSR count). The maximum Gasteiger partial charge on any atom is 0.320 e. The zero-order valence-electron chi connectivity index (χ0n) is 13.5. The first kappa shape index (κ1) is 18.0. The van der Waals surface area contributed by atoms with Gasteiger partial charge in [-0.25, -0.2) is 8.42 Å². The van der Waals surface area contributed by atoms with E-state index in [1.54, 1.807) is 0 Å². The first-order chi connectivity index (χ1) is 11.5. The van der Waals surface area contributed by atoms with E-state index in [9.17, 15) is 13.2 Å². The fourth-order valence-electron chi connectivity index (χ4n) is 2.08. The van der Waals surface area contributed by atoms with Crippen LogP contribution in [-0.2, 0) is 32.4 Å². The Morgan fingerprint density at radius 1 is 0.958 bits per heavy atom. The van der Waals surface area contributed by atoms with E-state index in [-0.39, 0.29) is 5.75 Å². The van der Waals surface area contributed by atoms with Gasteiger partial charge in [-0.2, -0.15) is 0 Å². The standard InChI is InChI=1S/C18H20O5S/c1-22-18(19)14-24(20,21)12-11-15-7-9-17(10-8-15)23-13-16-5-3-2-4-6-16/h2-10H,11-14H2,1H3. The van der Waals surface area contributed by atoms with E-state index in [1.165, 1.54) is 7.11 Å². The summed E-state index contributed by atoms with van der Waals surface area (Å²) in [5, 5.41) is 0. The minimum Gasteiger partial charge on any atom is -0.489 e. The summed E-state index contributed by atoms with van der Waals surface area (Å²) in [6.07, 6.45) is 0.346. The molecule has 0 aliphatic rings. The number of sulfone groups is 1. The molecule has 0 N–H and O–H groups in total. The van der Waals surface area contributed by atoms with Crippen molar-refractivity contribution in [3.63, 3.8) is 0 Å². The minimum absolute atomic E-state index is 0.0910. The van der Waals surface area contributed by atoms with Crippen LogP contribution in [-0.4, -0.2) is 33.0 Å². The van der Waals surface area contributed by atoms with Crippen molar-refractivity contribution in [2.45, 2.75) is 13.0 Å². The molecule has 2 aromatic carbocycles. The number of carbonyl (C=O) groups excluding carboxylic acids is 1. The second kappa shape index (κ2) is 8.49. The van der Waals surface area contributed by atoms with Crippen molar-refractivity contribution in [1.82, 2.24) is 0 Å². The number of rotatable bonds is 8. The van der Waals surface area contributed by atoms with Crippen LogP contribution >= 0.6 is 0 Å². The van der Waals surface area contributed by atoms with E-state index in [4.69, 9.17) is 4.74 Å². The molecule has 0 fully saturated rings. The molecule has 0 bridgehead atoms. The minimum atomic E-state index is -3.45. The molecule has 0 saturated heterocycles. The Morgan fingerprint density at radius 2 is 1.62 bits per heavy atom. The molecule has 128 valence electrons. The molecule has 5 nitrogen and oxygen atoms in total. The number of hydrogen-bond donors (Lipinski definition) is 0. The van der Waals surface area contributed by atoms with Crippen LogP contribution in [0.25, 0.3) is 0 Å². The van der Waals surface area contributed by atoms with Crippen molar-refractivity contribution in [3.8, 4) is 5.75 Å². The topological polar surface area (TPSA) is 69.7 Å². The van der Waals surface area contributed by atoms with Gasteiger partial charge in [0.05, 0.1) is 12.9 Å². The van der Waals surface area contributed by atoms with Gasteiger partial charge in [0.15, 0.2) is 9.84 Å². The molecule has 6 heteroatoms. The number of esters is 1. The van der Waals surface area contributed by atoms with Crippen molar-refractivity contribution in [2.24, 2.45) is 0 Å². The number of benzene rings is 2. The molecule has 0 radical (unpaired) electrons. The number of aryl methyl sites for hydroxylation is 1. The third-order valence-corrected chi connectivity index (χ3v) is 4.94. The van der Waals surface area contributed by atoms with Crippen molar-refractivity contribution in [3.05, 3.63) is 65.7 Å². The van der Waals surface area contributed by atoms with Gasteiger partial charge in [0.25, 0.3) is 0 Å². The summed E-state index contributed by atoms with van der Waals surface area (Å²) >= 11 is 0. The number of ether oxygens (including phenoxy) is 2. The summed E-state index contributed by atoms with van der Waals surface area (Å²) in [7, 11) is -2.28. The maximum absolute atomic E-state index is 11.8. The number of carbonyl (C=O) groups is 1. The fraction of sp³-hybridized carbons (Fsp3) is 0.278. The molecule has 0 spiro atoms. The summed E-state index contributed by atoms with van der Waals surface area (Å²) < 4.78 is 33.6. The van der Waals surface area contributed by atoms with Crippen LogP contribution in [0, 0.1) is 0 Å². The molecule has 0 unspecified atom stereocenters. The SMILES string of the molecule is COC(=O)CS(=O)(=O)CCc1ccc(OCc2ccccc2)cc1. The highest BCUT2D eigenvalue weighted by atomic mass is 32.2. The summed E-state index contributed by atoms with van der Waals surface area (Å²) in [5.41, 5.74) is 1.95. The highest BCUT2D eigenvalue weighted by Gasteiger charge is 2.16. The van der Waals surface area contributed by atoms with Gasteiger partial charge < -0.3 is 9.47 Å². The third-order valence-electron chi connectivity index (χ3n) is 3.44. The molecule has 0 aromatic heterocycles. The maximum atomic E-state index is 11.8. The van der Waals surface area contributed by atoms with Gasteiger partial charge in [-0.05, 0) is 29.7 Å². The lowest BCUT2D eigenvalue weighted by molar-refractivity contribution is -0.137. The van der Waals surface area contributed by atoms with Gasteiger partial charge in [-0.1, -0.05) is 42.5 Å². The number of hydrogen-bond acceptors (Lipinski definition) is 5. The monoisotopic (exact) mass is 348 g/mol. The van der Waals surface area contributed by atoms with Crippen molar-refractivity contribution in [2.75, 3.05) is 18.6 Å². The van der Waals surface area contributed by atoms with Crippen LogP contribution in [0.15, 0.2) is 54.6 Å². The van der Waals surface area contributed by atoms with Gasteiger partial charge >= 0.3 is 5.97 Å². The highest BCUT2D eigenvalue weighted by molar-refractivity contribution is 7.92. The summed E-state index contributed by atoms with van der Waals surface area (Å²) in [6, 6.07) is 17.1. The molecule has 0 amide bonds. The van der Waals surface area contributed by atoms with Gasteiger partial charge in [0, 0.05) is 0 Å². The molecule has 24 heavy (non-hydrogen) atoms. The summed E-state index contributed by atoms with van der Waals surface area (Å²) in [5.74, 6) is -0.687. The lowest BCUT2D eigenvalue weighted by Crippen LogP contribution is -2.20. The molecule has 0 aliphatic carbocycles. The Balaban J connectivity index is 1.84. The van der Waals surface area contributed by atoms with Gasteiger partial charge in [-0.15, -0.1) is 0 Å². The first-order valence-electron chi connectivity index (χ1n) is 7.51. The van der Waals surface area contributed by atoms with Crippen LogP contribution in [0.2, 0.25) is 0 Å². The first-order valence-corrected chi connectivity index (χ1v) is 9.33. The summed E-state index contributed by atoms with van der Waals surface area (Å²) in [4.78, 5) is 11.1. The van der Waals surface area contributed by atoms with Crippen LogP contribution in [0.1, 0.15) is 11.1 Å². The Labute approximate surface area is 142 Å². The van der Waals surface area contributed by atoms with Crippen LogP contribution in [0.4, 0.5) is 0 Å². The Kier molecular flexibility index (Phi) is 6.37. The lowest BCUT2D eigenvalue weighted by Gasteiger charge is -2.08. The van der Waals surface area contributed by atoms with E-state index in [2.05, 4.69) is 4.74 Å². The smallest absolute Gasteiger partial charge is 0.320 e. The molecular formula is C18H20O5S. The molecule has 0 aliphatic heterocycles. The molecular weight excluding hydrogens is 328 g/mol.